The number of nitrogens with two attached hydrogens (primary N) is 1. The minimum absolute atomic E-state index is 0.143. The van der Waals surface area contributed by atoms with E-state index in [4.69, 9.17) is 10.5 Å². The van der Waals surface area contributed by atoms with Crippen LogP contribution < -0.4 is 15.8 Å². The highest BCUT2D eigenvalue weighted by Crippen LogP contribution is 2.26. The van der Waals surface area contributed by atoms with Crippen molar-refractivity contribution in [3.05, 3.63) is 83.4 Å². The fraction of sp³-hybridized carbons (Fsp3) is 0.182. The average Bonchev–Trinajstić information content (AvgIpc) is 3.17. The minimum Gasteiger partial charge on any atom is -0.453 e. The number of fused-ring (bicyclic) bond motifs is 1. The summed E-state index contributed by atoms with van der Waals surface area (Å²) in [5, 5.41) is 3.10. The Labute approximate surface area is 163 Å². The molecule has 3 aromatic rings. The van der Waals surface area contributed by atoms with Crippen LogP contribution in [0.5, 0.6) is 11.5 Å². The number of nitrogens with one attached hydrogen (secondary N) is 1. The molecule has 5 nitrogen and oxygen atoms in total. The number of rotatable bonds is 5. The number of aromatic nitrogens is 1. The van der Waals surface area contributed by atoms with E-state index in [1.54, 1.807) is 30.5 Å². The number of pyridine rings is 1. The van der Waals surface area contributed by atoms with Gasteiger partial charge in [0.15, 0.2) is 17.5 Å². The molecule has 1 aliphatic rings. The van der Waals surface area contributed by atoms with E-state index in [-0.39, 0.29) is 12.3 Å². The van der Waals surface area contributed by atoms with Crippen LogP contribution >= 0.6 is 0 Å². The lowest BCUT2D eigenvalue weighted by atomic mass is 10.1. The quantitative estimate of drug-likeness (QED) is 0.510. The molecule has 0 bridgehead atoms. The van der Waals surface area contributed by atoms with Crippen molar-refractivity contribution in [2.75, 3.05) is 5.32 Å². The van der Waals surface area contributed by atoms with Crippen LogP contribution in [-0.4, -0.2) is 10.9 Å². The van der Waals surface area contributed by atoms with Gasteiger partial charge in [0, 0.05) is 11.9 Å². The van der Waals surface area contributed by atoms with E-state index >= 15 is 0 Å². The Morgan fingerprint density at radius 2 is 2.04 bits per heavy atom. The number of anilines is 1. The summed E-state index contributed by atoms with van der Waals surface area (Å²) >= 11 is 0. The third kappa shape index (κ3) is 4.28. The highest BCUT2D eigenvalue weighted by Gasteiger charge is 2.11. The summed E-state index contributed by atoms with van der Waals surface area (Å²) in [5.74, 6) is 0.468. The van der Waals surface area contributed by atoms with E-state index in [9.17, 15) is 4.39 Å². The Balaban J connectivity index is 1.39. The molecular weight excluding hydrogens is 355 g/mol. The molecule has 4 rings (SSSR count). The molecule has 0 saturated carbocycles. The summed E-state index contributed by atoms with van der Waals surface area (Å²) in [5.41, 5.74) is 10.4. The van der Waals surface area contributed by atoms with Gasteiger partial charge >= 0.3 is 0 Å². The van der Waals surface area contributed by atoms with E-state index < -0.39 is 5.82 Å². The van der Waals surface area contributed by atoms with E-state index in [1.165, 1.54) is 29.8 Å². The molecule has 0 fully saturated rings. The molecule has 0 spiro atoms. The fourth-order valence-electron chi connectivity index (χ4n) is 3.27. The van der Waals surface area contributed by atoms with Gasteiger partial charge in [-0.3, -0.25) is 4.98 Å². The van der Waals surface area contributed by atoms with Crippen molar-refractivity contribution in [3.8, 4) is 11.5 Å². The Kier molecular flexibility index (Phi) is 5.19. The number of aryl methyl sites for hydroxylation is 2. The Morgan fingerprint density at radius 1 is 1.14 bits per heavy atom. The van der Waals surface area contributed by atoms with Gasteiger partial charge < -0.3 is 15.8 Å². The predicted octanol–water partition coefficient (Wildman–Crippen LogP) is 4.43. The van der Waals surface area contributed by atoms with E-state index in [1.807, 2.05) is 6.07 Å². The molecular formula is C22H21FN4O. The second kappa shape index (κ2) is 8.08. The van der Waals surface area contributed by atoms with Crippen LogP contribution in [0.15, 0.2) is 65.9 Å². The summed E-state index contributed by atoms with van der Waals surface area (Å²) in [7, 11) is 0. The largest absolute Gasteiger partial charge is 0.453 e. The van der Waals surface area contributed by atoms with Crippen LogP contribution in [0, 0.1) is 5.82 Å². The molecule has 0 amide bonds. The second-order valence-electron chi connectivity index (χ2n) is 6.72. The van der Waals surface area contributed by atoms with Gasteiger partial charge in [0.25, 0.3) is 0 Å². The maximum atomic E-state index is 14.3. The molecule has 0 unspecified atom stereocenters. The molecule has 1 heterocycles. The summed E-state index contributed by atoms with van der Waals surface area (Å²) < 4.78 is 19.8. The van der Waals surface area contributed by atoms with Crippen molar-refractivity contribution in [2.24, 2.45) is 10.7 Å². The van der Waals surface area contributed by atoms with Crippen LogP contribution in [-0.2, 0) is 19.4 Å². The highest BCUT2D eigenvalue weighted by atomic mass is 19.1. The Hall–Kier alpha value is -3.41. The van der Waals surface area contributed by atoms with E-state index in [2.05, 4.69) is 27.4 Å². The van der Waals surface area contributed by atoms with Crippen molar-refractivity contribution < 1.29 is 9.13 Å². The molecule has 0 radical (unpaired) electrons. The van der Waals surface area contributed by atoms with Gasteiger partial charge in [-0.25, -0.2) is 9.38 Å². The fourth-order valence-corrected chi connectivity index (χ4v) is 3.27. The molecule has 2 aromatic carbocycles. The van der Waals surface area contributed by atoms with Crippen LogP contribution in [0.25, 0.3) is 0 Å². The van der Waals surface area contributed by atoms with Crippen molar-refractivity contribution >= 4 is 11.6 Å². The summed E-state index contributed by atoms with van der Waals surface area (Å²) in [6, 6.07) is 14.5. The van der Waals surface area contributed by atoms with Crippen LogP contribution in [0.4, 0.5) is 10.1 Å². The lowest BCUT2D eigenvalue weighted by molar-refractivity contribution is 0.440. The molecule has 3 N–H and O–H groups in total. The number of hydrogen-bond donors (Lipinski definition) is 2. The minimum atomic E-state index is -0.457. The van der Waals surface area contributed by atoms with Crippen molar-refractivity contribution in [3.63, 3.8) is 0 Å². The third-order valence-corrected chi connectivity index (χ3v) is 4.66. The molecule has 28 heavy (non-hydrogen) atoms. The van der Waals surface area contributed by atoms with Gasteiger partial charge in [-0.2, -0.15) is 0 Å². The monoisotopic (exact) mass is 376 g/mol. The smallest absolute Gasteiger partial charge is 0.193 e. The zero-order chi connectivity index (χ0) is 19.3. The topological polar surface area (TPSA) is 72.5 Å². The van der Waals surface area contributed by atoms with E-state index in [0.29, 0.717) is 17.3 Å². The first kappa shape index (κ1) is 18.0. The van der Waals surface area contributed by atoms with Gasteiger partial charge in [0.1, 0.15) is 5.75 Å². The molecule has 1 aromatic heterocycles. The number of benzene rings is 2. The Morgan fingerprint density at radius 3 is 2.86 bits per heavy atom. The van der Waals surface area contributed by atoms with Crippen LogP contribution in [0.3, 0.4) is 0 Å². The lowest BCUT2D eigenvalue weighted by Crippen LogP contribution is -2.22. The maximum absolute atomic E-state index is 14.3. The van der Waals surface area contributed by atoms with Gasteiger partial charge in [-0.1, -0.05) is 12.1 Å². The first-order valence-corrected chi connectivity index (χ1v) is 9.22. The first-order chi connectivity index (χ1) is 13.7. The number of halogens is 1. The first-order valence-electron chi connectivity index (χ1n) is 9.22. The van der Waals surface area contributed by atoms with E-state index in [0.717, 1.165) is 18.5 Å². The Bertz CT molecular complexity index is 1000. The summed E-state index contributed by atoms with van der Waals surface area (Å²) in [6.45, 7) is 0.272. The maximum Gasteiger partial charge on any atom is 0.193 e. The SMILES string of the molecule is NC(=NCc1ccc(Oc2cccnc2)c(F)c1)Nc1ccc2c(c1)CCC2. The lowest BCUT2D eigenvalue weighted by Gasteiger charge is -2.09. The third-order valence-electron chi connectivity index (χ3n) is 4.66. The van der Waals surface area contributed by atoms with Crippen LogP contribution in [0.1, 0.15) is 23.1 Å². The highest BCUT2D eigenvalue weighted by molar-refractivity contribution is 5.92. The molecule has 0 saturated heterocycles. The average molecular weight is 376 g/mol. The van der Waals surface area contributed by atoms with Crippen molar-refractivity contribution in [1.82, 2.24) is 4.98 Å². The number of ether oxygens (including phenoxy) is 1. The zero-order valence-corrected chi connectivity index (χ0v) is 15.4. The zero-order valence-electron chi connectivity index (χ0n) is 15.4. The molecule has 0 aliphatic heterocycles. The van der Waals surface area contributed by atoms with Crippen LogP contribution in [0.2, 0.25) is 0 Å². The number of guanidine groups is 1. The predicted molar refractivity (Wildman–Crippen MR) is 108 cm³/mol. The number of hydrogen-bond acceptors (Lipinski definition) is 3. The standard InChI is InChI=1S/C22H21FN4O/c23-20-11-15(6-9-21(20)28-19-5-2-10-25-14-19)13-26-22(24)27-18-8-7-16-3-1-4-17(16)12-18/h2,5-12,14H,1,3-4,13H2,(H3,24,26,27). The van der Waals surface area contributed by atoms with Gasteiger partial charge in [-0.05, 0) is 72.4 Å². The van der Waals surface area contributed by atoms with Gasteiger partial charge in [0.2, 0.25) is 0 Å². The number of nitrogens with zero attached hydrogens (tertiary/aromatic N) is 2. The van der Waals surface area contributed by atoms with Gasteiger partial charge in [-0.15, -0.1) is 0 Å². The molecule has 0 atom stereocenters. The second-order valence-corrected chi connectivity index (χ2v) is 6.72. The molecule has 142 valence electrons. The molecule has 6 heteroatoms. The van der Waals surface area contributed by atoms with Crippen molar-refractivity contribution in [1.29, 1.82) is 0 Å². The summed E-state index contributed by atoms with van der Waals surface area (Å²) in [6.07, 6.45) is 6.61. The van der Waals surface area contributed by atoms with Crippen molar-refractivity contribution in [2.45, 2.75) is 25.8 Å². The van der Waals surface area contributed by atoms with Gasteiger partial charge in [0.05, 0.1) is 12.7 Å². The molecule has 1 aliphatic carbocycles. The normalized spacial score (nSPS) is 13.2. The summed E-state index contributed by atoms with van der Waals surface area (Å²) in [4.78, 5) is 8.25. The number of aliphatic imine (C=N–C) groups is 1.